The van der Waals surface area contributed by atoms with E-state index in [0.29, 0.717) is 51.4 Å². The lowest BCUT2D eigenvalue weighted by molar-refractivity contribution is -0.159. The predicted molar refractivity (Wildman–Crippen MR) is 125 cm³/mol. The van der Waals surface area contributed by atoms with Gasteiger partial charge in [0.05, 0.1) is 17.6 Å². The van der Waals surface area contributed by atoms with E-state index in [1.807, 2.05) is 0 Å². The van der Waals surface area contributed by atoms with Gasteiger partial charge in [0.25, 0.3) is 11.9 Å². The monoisotopic (exact) mass is 490 g/mol. The zero-order chi connectivity index (χ0) is 25.3. The maximum atomic E-state index is 13.9. The van der Waals surface area contributed by atoms with Crippen LogP contribution < -0.4 is 4.74 Å². The van der Waals surface area contributed by atoms with Crippen LogP contribution in [0.4, 0.5) is 0 Å². The summed E-state index contributed by atoms with van der Waals surface area (Å²) in [7, 11) is 0. The number of esters is 1. The van der Waals surface area contributed by atoms with Gasteiger partial charge in [-0.25, -0.2) is 0 Å². The molecule has 0 amide bonds. The molecule has 7 aliphatic heterocycles. The lowest BCUT2D eigenvalue weighted by atomic mass is 9.74. The summed E-state index contributed by atoms with van der Waals surface area (Å²) in [6, 6.07) is 8.25. The minimum absolute atomic E-state index is 0.197. The summed E-state index contributed by atoms with van der Waals surface area (Å²) in [6.07, 6.45) is 7.75. The zero-order valence-corrected chi connectivity index (χ0v) is 19.7. The molecule has 0 N–H and O–H groups in total. The number of benzene rings is 1. The number of allylic oxidation sites excluding steroid dienone is 2. The minimum Gasteiger partial charge on any atom is -0.489 e. The second-order valence-corrected chi connectivity index (χ2v) is 9.79. The Morgan fingerprint density at radius 2 is 1.42 bits per heavy atom. The smallest absolute Gasteiger partial charge is 0.309 e. The Morgan fingerprint density at radius 1 is 0.806 bits per heavy atom. The van der Waals surface area contributed by atoms with Crippen molar-refractivity contribution in [3.05, 3.63) is 53.3 Å². The molecule has 10 aliphatic rings. The van der Waals surface area contributed by atoms with Crippen LogP contribution in [0.1, 0.15) is 51.4 Å². The van der Waals surface area contributed by atoms with Crippen LogP contribution in [-0.2, 0) is 33.4 Å². The molecule has 0 aromatic heterocycles. The van der Waals surface area contributed by atoms with E-state index in [1.54, 1.807) is 42.9 Å². The molecule has 1 aromatic rings. The fourth-order valence-corrected chi connectivity index (χ4v) is 5.54. The van der Waals surface area contributed by atoms with Crippen LogP contribution in [0, 0.1) is 11.8 Å². The molecule has 1 atom stereocenters. The first-order chi connectivity index (χ1) is 17.4. The Balaban J connectivity index is 1.61. The Morgan fingerprint density at radius 3 is 2.03 bits per heavy atom. The number of hydrogen-bond donors (Lipinski definition) is 0. The minimum atomic E-state index is -2.37. The first-order valence-electron chi connectivity index (χ1n) is 12.4. The normalized spacial score (nSPS) is 32.6. The number of carbonyl (C=O) groups excluding carboxylic acids is 5. The van der Waals surface area contributed by atoms with Crippen LogP contribution in [0.25, 0.3) is 0 Å². The second-order valence-electron chi connectivity index (χ2n) is 9.79. The summed E-state index contributed by atoms with van der Waals surface area (Å²) in [5.74, 6) is -2.67. The average molecular weight is 491 g/mol. The van der Waals surface area contributed by atoms with Crippen molar-refractivity contribution in [2.24, 2.45) is 11.8 Å². The van der Waals surface area contributed by atoms with Crippen molar-refractivity contribution in [3.8, 4) is 5.75 Å². The van der Waals surface area contributed by atoms with Crippen LogP contribution in [-0.4, -0.2) is 47.9 Å². The molecule has 5 fully saturated rings. The number of hydrogen-bond acceptors (Lipinski definition) is 8. The highest BCUT2D eigenvalue weighted by Crippen LogP contribution is 2.40. The van der Waals surface area contributed by atoms with Gasteiger partial charge < -0.3 is 14.2 Å². The van der Waals surface area contributed by atoms with E-state index < -0.39 is 34.8 Å². The van der Waals surface area contributed by atoms with E-state index in [2.05, 4.69) is 0 Å². The fourth-order valence-electron chi connectivity index (χ4n) is 5.54. The molecular formula is C28H26O8. The number of rotatable bonds is 4. The SMILES string of the molecule is O=[C]C1=C2C(=O)C([C]=O)(Oc3ccccc3)C(=C1)O[C@H]1CC[C@@H](CC1)OC(=O)[C@H]1CC[C@@H](CC1)C2=O. The predicted octanol–water partition coefficient (Wildman–Crippen LogP) is 3.05. The quantitative estimate of drug-likeness (QED) is 0.360. The largest absolute Gasteiger partial charge is 0.489 e. The van der Waals surface area contributed by atoms with E-state index in [9.17, 15) is 24.0 Å². The van der Waals surface area contributed by atoms with Gasteiger partial charge in [0.15, 0.2) is 11.5 Å². The zero-order valence-electron chi connectivity index (χ0n) is 19.7. The summed E-state index contributed by atoms with van der Waals surface area (Å²) in [6.45, 7) is 0. The topological polar surface area (TPSA) is 113 Å². The van der Waals surface area contributed by atoms with E-state index in [1.165, 1.54) is 6.08 Å². The molecule has 8 nitrogen and oxygen atoms in total. The third-order valence-corrected chi connectivity index (χ3v) is 7.58. The molecular weight excluding hydrogens is 464 g/mol. The molecule has 0 spiro atoms. The summed E-state index contributed by atoms with van der Waals surface area (Å²) >= 11 is 0. The third kappa shape index (κ3) is 4.29. The van der Waals surface area contributed by atoms with Gasteiger partial charge in [-0.05, 0) is 69.6 Å². The maximum Gasteiger partial charge on any atom is 0.309 e. The number of para-hydroxylation sites is 1. The Kier molecular flexibility index (Phi) is 6.60. The Bertz CT molecular complexity index is 1130. The number of Topliss-reactive ketones (excluding diaryl/α,β-unsaturated/α-hetero) is 2. The van der Waals surface area contributed by atoms with Crippen molar-refractivity contribution in [1.82, 2.24) is 0 Å². The van der Waals surface area contributed by atoms with Crippen LogP contribution in [0.2, 0.25) is 0 Å². The van der Waals surface area contributed by atoms with Crippen LogP contribution in [0.15, 0.2) is 53.3 Å². The number of ether oxygens (including phenoxy) is 3. The third-order valence-electron chi connectivity index (χ3n) is 7.58. The summed E-state index contributed by atoms with van der Waals surface area (Å²) in [4.78, 5) is 64.7. The maximum absolute atomic E-state index is 13.9. The molecule has 186 valence electrons. The fraction of sp³-hybridized carbons (Fsp3) is 0.464. The first-order valence-corrected chi connectivity index (χ1v) is 12.4. The van der Waals surface area contributed by atoms with E-state index >= 15 is 0 Å². The average Bonchev–Trinajstić information content (AvgIpc) is 2.91. The molecule has 3 aliphatic carbocycles. The molecule has 8 heteroatoms. The van der Waals surface area contributed by atoms with Gasteiger partial charge in [-0.1, -0.05) is 18.2 Å². The highest BCUT2D eigenvalue weighted by molar-refractivity contribution is 6.32. The molecule has 3 saturated heterocycles. The molecule has 7 heterocycles. The molecule has 2 saturated carbocycles. The molecule has 6 bridgehead atoms. The Labute approximate surface area is 208 Å². The van der Waals surface area contributed by atoms with Crippen molar-refractivity contribution >= 4 is 30.1 Å². The van der Waals surface area contributed by atoms with Crippen molar-refractivity contribution in [1.29, 1.82) is 0 Å². The molecule has 11 rings (SSSR count). The van der Waals surface area contributed by atoms with E-state index in [-0.39, 0.29) is 35.1 Å². The lowest BCUT2D eigenvalue weighted by Crippen LogP contribution is -2.53. The second kappa shape index (κ2) is 9.84. The standard InChI is InChI=1S/C28H26O8/c29-15-19-14-23-28(16-30,36-22-4-2-1-3-5-22)26(32)24(19)25(31)17-6-8-18(9-7-17)27(33)35-21-12-10-20(34-23)11-13-21/h1-5,14,17-18,20-21H,6-13H2/t17-,18-,20-,21-,28?. The molecule has 36 heavy (non-hydrogen) atoms. The molecule has 2 radical (unpaired) electrons. The first kappa shape index (κ1) is 24.2. The van der Waals surface area contributed by atoms with Crippen molar-refractivity contribution in [2.75, 3.05) is 0 Å². The summed E-state index contributed by atoms with van der Waals surface area (Å²) < 4.78 is 17.8. The molecule has 1 unspecified atom stereocenters. The lowest BCUT2D eigenvalue weighted by Gasteiger charge is -2.38. The van der Waals surface area contributed by atoms with Gasteiger partial charge in [0.1, 0.15) is 11.9 Å². The van der Waals surface area contributed by atoms with Gasteiger partial charge in [-0.15, -0.1) is 0 Å². The summed E-state index contributed by atoms with van der Waals surface area (Å²) in [5, 5.41) is 0. The van der Waals surface area contributed by atoms with Gasteiger partial charge >= 0.3 is 5.97 Å². The number of carbonyl (C=O) groups is 3. The van der Waals surface area contributed by atoms with Gasteiger partial charge in [-0.2, -0.15) is 0 Å². The van der Waals surface area contributed by atoms with Crippen LogP contribution in [0.5, 0.6) is 5.75 Å². The van der Waals surface area contributed by atoms with Gasteiger partial charge in [-0.3, -0.25) is 24.0 Å². The molecule has 1 aromatic carbocycles. The van der Waals surface area contributed by atoms with Crippen LogP contribution in [0.3, 0.4) is 0 Å². The highest BCUT2D eigenvalue weighted by Gasteiger charge is 2.55. The van der Waals surface area contributed by atoms with Gasteiger partial charge in [0, 0.05) is 11.5 Å². The van der Waals surface area contributed by atoms with Crippen LogP contribution >= 0.6 is 0 Å². The number of ketones is 2. The Hall–Kier alpha value is -3.55. The summed E-state index contributed by atoms with van der Waals surface area (Å²) in [5.41, 5.74) is -3.06. The van der Waals surface area contributed by atoms with Crippen molar-refractivity contribution < 1.29 is 38.2 Å². The van der Waals surface area contributed by atoms with E-state index in [4.69, 9.17) is 14.2 Å². The van der Waals surface area contributed by atoms with Crippen molar-refractivity contribution in [3.63, 3.8) is 0 Å². The highest BCUT2D eigenvalue weighted by atomic mass is 16.6. The van der Waals surface area contributed by atoms with E-state index in [0.717, 1.165) is 0 Å². The van der Waals surface area contributed by atoms with Crippen molar-refractivity contribution in [2.45, 2.75) is 69.2 Å². The van der Waals surface area contributed by atoms with Gasteiger partial charge in [0.2, 0.25) is 12.1 Å².